The Balaban J connectivity index is 1.80. The van der Waals surface area contributed by atoms with Gasteiger partial charge >= 0.3 is 0 Å². The summed E-state index contributed by atoms with van der Waals surface area (Å²) in [4.78, 5) is 0.264. The molecule has 0 radical (unpaired) electrons. The van der Waals surface area contributed by atoms with Crippen molar-refractivity contribution in [3.8, 4) is 5.75 Å². The molecule has 1 heterocycles. The van der Waals surface area contributed by atoms with E-state index in [2.05, 4.69) is 12.1 Å². The molecule has 2 aromatic rings. The summed E-state index contributed by atoms with van der Waals surface area (Å²) < 4.78 is 33.4. The first kappa shape index (κ1) is 18.3. The molecule has 1 fully saturated rings. The van der Waals surface area contributed by atoms with Crippen LogP contribution in [0.1, 0.15) is 24.2 Å². The second-order valence-electron chi connectivity index (χ2n) is 5.84. The predicted molar refractivity (Wildman–Crippen MR) is 103 cm³/mol. The third-order valence-corrected chi connectivity index (χ3v) is 7.51. The minimum absolute atomic E-state index is 0.264. The summed E-state index contributed by atoms with van der Waals surface area (Å²) in [5.74, 6) is 1.22. The van der Waals surface area contributed by atoms with Gasteiger partial charge in [0.05, 0.1) is 6.61 Å². The molecule has 4 nitrogen and oxygen atoms in total. The Morgan fingerprint density at radius 1 is 1.08 bits per heavy atom. The summed E-state index contributed by atoms with van der Waals surface area (Å²) in [5.41, 5.74) is 1.27. The van der Waals surface area contributed by atoms with Crippen molar-refractivity contribution in [3.63, 3.8) is 0 Å². The quantitative estimate of drug-likeness (QED) is 0.791. The van der Waals surface area contributed by atoms with E-state index in [4.69, 9.17) is 4.74 Å². The van der Waals surface area contributed by atoms with Gasteiger partial charge in [0, 0.05) is 24.1 Å². The molecule has 0 bridgehead atoms. The minimum Gasteiger partial charge on any atom is -0.492 e. The lowest BCUT2D eigenvalue weighted by Gasteiger charge is -2.21. The van der Waals surface area contributed by atoms with Crippen molar-refractivity contribution in [1.82, 2.24) is 4.31 Å². The van der Waals surface area contributed by atoms with E-state index >= 15 is 0 Å². The van der Waals surface area contributed by atoms with Crippen LogP contribution in [0.4, 0.5) is 0 Å². The minimum atomic E-state index is -3.55. The topological polar surface area (TPSA) is 46.6 Å². The predicted octanol–water partition coefficient (Wildman–Crippen LogP) is 3.95. The summed E-state index contributed by atoms with van der Waals surface area (Å²) in [6.45, 7) is 3.35. The van der Waals surface area contributed by atoms with Gasteiger partial charge in [0.1, 0.15) is 10.6 Å². The number of benzene rings is 2. The molecule has 0 amide bonds. The molecule has 134 valence electrons. The zero-order chi connectivity index (χ0) is 17.7. The number of para-hydroxylation sites is 1. The molecule has 1 aliphatic heterocycles. The molecule has 1 aliphatic rings. The Hall–Kier alpha value is -1.50. The van der Waals surface area contributed by atoms with Crippen molar-refractivity contribution >= 4 is 21.8 Å². The van der Waals surface area contributed by atoms with Crippen LogP contribution in [-0.2, 0) is 10.0 Å². The molecule has 25 heavy (non-hydrogen) atoms. The zero-order valence-electron chi connectivity index (χ0n) is 14.3. The molecule has 0 spiro atoms. The maximum absolute atomic E-state index is 13.1. The molecule has 6 heteroatoms. The normalized spacial score (nSPS) is 19.3. The van der Waals surface area contributed by atoms with Gasteiger partial charge in [-0.25, -0.2) is 8.42 Å². The number of ether oxygens (including phenoxy) is 1. The number of thioether (sulfide) groups is 1. The fourth-order valence-electron chi connectivity index (χ4n) is 3.00. The van der Waals surface area contributed by atoms with Crippen LogP contribution < -0.4 is 4.74 Å². The maximum Gasteiger partial charge on any atom is 0.246 e. The van der Waals surface area contributed by atoms with Gasteiger partial charge in [-0.05, 0) is 31.0 Å². The third kappa shape index (κ3) is 4.19. The molecule has 0 saturated carbocycles. The van der Waals surface area contributed by atoms with Crippen molar-refractivity contribution < 1.29 is 13.2 Å². The third-order valence-electron chi connectivity index (χ3n) is 4.24. The van der Waals surface area contributed by atoms with E-state index in [0.29, 0.717) is 30.7 Å². The molecule has 0 aliphatic carbocycles. The Morgan fingerprint density at radius 2 is 1.80 bits per heavy atom. The number of sulfonamides is 1. The number of hydrogen-bond acceptors (Lipinski definition) is 4. The summed E-state index contributed by atoms with van der Waals surface area (Å²) in [6.07, 6.45) is 0.810. The van der Waals surface area contributed by atoms with Crippen molar-refractivity contribution in [1.29, 1.82) is 0 Å². The van der Waals surface area contributed by atoms with E-state index in [0.717, 1.165) is 12.2 Å². The largest absolute Gasteiger partial charge is 0.492 e. The average molecular weight is 378 g/mol. The number of hydrogen-bond donors (Lipinski definition) is 0. The first-order valence-electron chi connectivity index (χ1n) is 8.51. The van der Waals surface area contributed by atoms with Gasteiger partial charge in [-0.1, -0.05) is 42.5 Å². The lowest BCUT2D eigenvalue weighted by atomic mass is 10.1. The lowest BCUT2D eigenvalue weighted by molar-refractivity contribution is 0.329. The maximum atomic E-state index is 13.1. The van der Waals surface area contributed by atoms with Gasteiger partial charge in [0.15, 0.2) is 0 Å². The van der Waals surface area contributed by atoms with Crippen LogP contribution in [-0.4, -0.2) is 38.2 Å². The first-order chi connectivity index (χ1) is 12.1. The average Bonchev–Trinajstić information content (AvgIpc) is 2.90. The molecule has 2 aromatic carbocycles. The zero-order valence-corrected chi connectivity index (χ0v) is 15.9. The van der Waals surface area contributed by atoms with Crippen molar-refractivity contribution in [2.45, 2.75) is 23.5 Å². The van der Waals surface area contributed by atoms with Crippen LogP contribution >= 0.6 is 11.8 Å². The molecule has 3 rings (SSSR count). The fourth-order valence-corrected chi connectivity index (χ4v) is 5.94. The standard InChI is InChI=1S/C19H23NO3S2/c1-2-23-17-10-6-7-11-19(17)25(21,22)20-13-12-18(24-15-14-20)16-8-4-3-5-9-16/h3-11,18H,2,12-15H2,1H3. The Bertz CT molecular complexity index is 793. The molecule has 1 atom stereocenters. The fraction of sp³-hybridized carbons (Fsp3) is 0.368. The summed E-state index contributed by atoms with van der Waals surface area (Å²) >= 11 is 1.83. The van der Waals surface area contributed by atoms with Gasteiger partial charge in [-0.15, -0.1) is 0 Å². The highest BCUT2D eigenvalue weighted by Crippen LogP contribution is 2.36. The van der Waals surface area contributed by atoms with Gasteiger partial charge in [0.2, 0.25) is 10.0 Å². The van der Waals surface area contributed by atoms with Crippen molar-refractivity contribution in [2.24, 2.45) is 0 Å². The number of nitrogens with zero attached hydrogens (tertiary/aromatic N) is 1. The van der Waals surface area contributed by atoms with Gasteiger partial charge in [-0.3, -0.25) is 0 Å². The number of rotatable bonds is 5. The second kappa shape index (κ2) is 8.25. The SMILES string of the molecule is CCOc1ccccc1S(=O)(=O)N1CCSC(c2ccccc2)CC1. The van der Waals surface area contributed by atoms with Crippen LogP contribution in [0.15, 0.2) is 59.5 Å². The van der Waals surface area contributed by atoms with Gasteiger partial charge in [0.25, 0.3) is 0 Å². The van der Waals surface area contributed by atoms with Crippen LogP contribution in [0.5, 0.6) is 5.75 Å². The van der Waals surface area contributed by atoms with Crippen LogP contribution in [0.2, 0.25) is 0 Å². The van der Waals surface area contributed by atoms with E-state index in [-0.39, 0.29) is 4.90 Å². The molecular formula is C19H23NO3S2. The Labute approximate surface area is 154 Å². The van der Waals surface area contributed by atoms with E-state index in [1.54, 1.807) is 28.6 Å². The summed E-state index contributed by atoms with van der Waals surface area (Å²) in [5, 5.41) is 0.337. The Morgan fingerprint density at radius 3 is 2.56 bits per heavy atom. The Kier molecular flexibility index (Phi) is 6.04. The molecule has 1 unspecified atom stereocenters. The highest BCUT2D eigenvalue weighted by atomic mass is 32.2. The van der Waals surface area contributed by atoms with Crippen molar-refractivity contribution in [2.75, 3.05) is 25.4 Å². The van der Waals surface area contributed by atoms with E-state index in [9.17, 15) is 8.42 Å². The van der Waals surface area contributed by atoms with E-state index in [1.807, 2.05) is 36.9 Å². The van der Waals surface area contributed by atoms with Gasteiger partial charge in [-0.2, -0.15) is 16.1 Å². The summed E-state index contributed by atoms with van der Waals surface area (Å²) in [7, 11) is -3.55. The van der Waals surface area contributed by atoms with Crippen LogP contribution in [0.25, 0.3) is 0 Å². The van der Waals surface area contributed by atoms with Gasteiger partial charge < -0.3 is 4.74 Å². The van der Waals surface area contributed by atoms with E-state index in [1.165, 1.54) is 5.56 Å². The first-order valence-corrected chi connectivity index (χ1v) is 11.0. The lowest BCUT2D eigenvalue weighted by Crippen LogP contribution is -2.33. The molecule has 0 N–H and O–H groups in total. The van der Waals surface area contributed by atoms with Crippen LogP contribution in [0.3, 0.4) is 0 Å². The van der Waals surface area contributed by atoms with Crippen molar-refractivity contribution in [3.05, 3.63) is 60.2 Å². The van der Waals surface area contributed by atoms with E-state index < -0.39 is 10.0 Å². The highest BCUT2D eigenvalue weighted by molar-refractivity contribution is 7.99. The molecule has 0 aromatic heterocycles. The monoisotopic (exact) mass is 377 g/mol. The summed E-state index contributed by atoms with van der Waals surface area (Å²) in [6, 6.07) is 17.2. The highest BCUT2D eigenvalue weighted by Gasteiger charge is 2.30. The smallest absolute Gasteiger partial charge is 0.246 e. The second-order valence-corrected chi connectivity index (χ2v) is 9.06. The molecular weight excluding hydrogens is 354 g/mol. The van der Waals surface area contributed by atoms with Crippen LogP contribution in [0, 0.1) is 0 Å². The molecule has 1 saturated heterocycles.